The predicted octanol–water partition coefficient (Wildman–Crippen LogP) is 4.26. The van der Waals surface area contributed by atoms with E-state index in [1.807, 2.05) is 12.3 Å². The van der Waals surface area contributed by atoms with E-state index in [0.717, 1.165) is 50.5 Å². The molecule has 1 aromatic heterocycles. The Hall–Kier alpha value is -2.57. The molecular formula is C24H27N3. The number of piperazine rings is 1. The highest BCUT2D eigenvalue weighted by atomic mass is 15.3. The molecule has 0 unspecified atom stereocenters. The first-order valence-electron chi connectivity index (χ1n) is 10.1. The fourth-order valence-electron chi connectivity index (χ4n) is 3.79. The molecule has 27 heavy (non-hydrogen) atoms. The molecule has 1 fully saturated rings. The van der Waals surface area contributed by atoms with Crippen molar-refractivity contribution in [2.75, 3.05) is 31.1 Å². The zero-order valence-corrected chi connectivity index (χ0v) is 15.9. The Morgan fingerprint density at radius 2 is 1.85 bits per heavy atom. The first-order chi connectivity index (χ1) is 13.4. The molecule has 0 amide bonds. The Morgan fingerprint density at radius 1 is 0.926 bits per heavy atom. The van der Waals surface area contributed by atoms with Crippen molar-refractivity contribution in [1.29, 1.82) is 0 Å². The van der Waals surface area contributed by atoms with E-state index in [2.05, 4.69) is 69.1 Å². The lowest BCUT2D eigenvalue weighted by Crippen LogP contribution is -2.46. The SMILES string of the molecule is C(#Cc1cccc(CN2CCN(c3ccccn3)CC2)c1)C1=CCCCC1. The summed E-state index contributed by atoms with van der Waals surface area (Å²) in [5.74, 6) is 7.83. The van der Waals surface area contributed by atoms with Gasteiger partial charge in [0.15, 0.2) is 0 Å². The molecule has 0 saturated carbocycles. The molecule has 2 aromatic rings. The lowest BCUT2D eigenvalue weighted by Gasteiger charge is -2.35. The fourth-order valence-corrected chi connectivity index (χ4v) is 3.79. The maximum Gasteiger partial charge on any atom is 0.128 e. The zero-order valence-electron chi connectivity index (χ0n) is 15.9. The van der Waals surface area contributed by atoms with Gasteiger partial charge in [0.25, 0.3) is 0 Å². The zero-order chi connectivity index (χ0) is 18.3. The monoisotopic (exact) mass is 357 g/mol. The van der Waals surface area contributed by atoms with Gasteiger partial charge in [0.1, 0.15) is 5.82 Å². The summed E-state index contributed by atoms with van der Waals surface area (Å²) in [5, 5.41) is 0. The summed E-state index contributed by atoms with van der Waals surface area (Å²) in [5.41, 5.74) is 3.80. The smallest absolute Gasteiger partial charge is 0.128 e. The minimum absolute atomic E-state index is 0.994. The lowest BCUT2D eigenvalue weighted by molar-refractivity contribution is 0.249. The average molecular weight is 358 g/mol. The third kappa shape index (κ3) is 4.99. The van der Waals surface area contributed by atoms with Crippen molar-refractivity contribution in [2.24, 2.45) is 0 Å². The van der Waals surface area contributed by atoms with E-state index in [9.17, 15) is 0 Å². The molecular weight excluding hydrogens is 330 g/mol. The normalized spacial score (nSPS) is 17.8. The van der Waals surface area contributed by atoms with Gasteiger partial charge in [-0.2, -0.15) is 0 Å². The summed E-state index contributed by atoms with van der Waals surface area (Å²) in [4.78, 5) is 9.36. The van der Waals surface area contributed by atoms with Gasteiger partial charge in [0.2, 0.25) is 0 Å². The molecule has 3 nitrogen and oxygen atoms in total. The van der Waals surface area contributed by atoms with Crippen LogP contribution in [0.5, 0.6) is 0 Å². The van der Waals surface area contributed by atoms with Crippen molar-refractivity contribution in [3.05, 3.63) is 71.4 Å². The molecule has 0 radical (unpaired) electrons. The Kier molecular flexibility index (Phi) is 5.86. The van der Waals surface area contributed by atoms with Crippen LogP contribution in [0.25, 0.3) is 0 Å². The molecule has 3 heteroatoms. The van der Waals surface area contributed by atoms with Crippen molar-refractivity contribution >= 4 is 5.82 Å². The van der Waals surface area contributed by atoms with Crippen molar-refractivity contribution < 1.29 is 0 Å². The van der Waals surface area contributed by atoms with Gasteiger partial charge in [-0.15, -0.1) is 0 Å². The van der Waals surface area contributed by atoms with Gasteiger partial charge in [-0.3, -0.25) is 4.90 Å². The third-order valence-corrected chi connectivity index (χ3v) is 5.34. The standard InChI is InChI=1S/C24H27N3/c1-2-7-21(8-3-1)12-13-22-9-6-10-23(19-22)20-26-15-17-27(18-16-26)24-11-4-5-14-25-24/h4-7,9-11,14,19H,1-3,8,15-18,20H2. The van der Waals surface area contributed by atoms with Crippen LogP contribution < -0.4 is 4.90 Å². The van der Waals surface area contributed by atoms with E-state index in [-0.39, 0.29) is 0 Å². The van der Waals surface area contributed by atoms with Crippen molar-refractivity contribution in [2.45, 2.75) is 32.2 Å². The van der Waals surface area contributed by atoms with E-state index >= 15 is 0 Å². The highest BCUT2D eigenvalue weighted by Gasteiger charge is 2.17. The summed E-state index contributed by atoms with van der Waals surface area (Å²) in [6, 6.07) is 14.9. The number of nitrogens with zero attached hydrogens (tertiary/aromatic N) is 3. The third-order valence-electron chi connectivity index (χ3n) is 5.34. The number of hydrogen-bond donors (Lipinski definition) is 0. The largest absolute Gasteiger partial charge is 0.354 e. The molecule has 0 bridgehead atoms. The maximum atomic E-state index is 4.47. The van der Waals surface area contributed by atoms with Crippen LogP contribution in [0.15, 0.2) is 60.3 Å². The molecule has 0 N–H and O–H groups in total. The van der Waals surface area contributed by atoms with Gasteiger partial charge in [-0.1, -0.05) is 36.1 Å². The fraction of sp³-hybridized carbons (Fsp3) is 0.375. The number of anilines is 1. The molecule has 1 aromatic carbocycles. The molecule has 1 aliphatic heterocycles. The molecule has 2 heterocycles. The van der Waals surface area contributed by atoms with Crippen LogP contribution in [0.1, 0.15) is 36.8 Å². The average Bonchev–Trinajstić information content (AvgIpc) is 2.75. The highest BCUT2D eigenvalue weighted by molar-refractivity contribution is 5.43. The molecule has 1 aliphatic carbocycles. The Morgan fingerprint density at radius 3 is 2.63 bits per heavy atom. The summed E-state index contributed by atoms with van der Waals surface area (Å²) < 4.78 is 0. The minimum atomic E-state index is 0.994. The highest BCUT2D eigenvalue weighted by Crippen LogP contribution is 2.17. The Labute approximate surface area is 162 Å². The Bertz CT molecular complexity index is 837. The van der Waals surface area contributed by atoms with Gasteiger partial charge < -0.3 is 4.90 Å². The van der Waals surface area contributed by atoms with Gasteiger partial charge in [-0.05, 0) is 61.1 Å². The van der Waals surface area contributed by atoms with Gasteiger partial charge in [-0.25, -0.2) is 4.98 Å². The van der Waals surface area contributed by atoms with E-state index in [0.29, 0.717) is 0 Å². The van der Waals surface area contributed by atoms with Crippen LogP contribution in [0, 0.1) is 11.8 Å². The summed E-state index contributed by atoms with van der Waals surface area (Å²) in [6.45, 7) is 5.20. The van der Waals surface area contributed by atoms with Crippen LogP contribution in [0.3, 0.4) is 0 Å². The first-order valence-corrected chi connectivity index (χ1v) is 10.1. The van der Waals surface area contributed by atoms with Crippen LogP contribution >= 0.6 is 0 Å². The molecule has 138 valence electrons. The maximum absolute atomic E-state index is 4.47. The number of hydrogen-bond acceptors (Lipinski definition) is 3. The molecule has 0 spiro atoms. The van der Waals surface area contributed by atoms with Crippen LogP contribution in [-0.2, 0) is 6.54 Å². The second-order valence-electron chi connectivity index (χ2n) is 7.38. The van der Waals surface area contributed by atoms with E-state index < -0.39 is 0 Å². The lowest BCUT2D eigenvalue weighted by atomic mass is 10.00. The molecule has 0 atom stereocenters. The van der Waals surface area contributed by atoms with E-state index in [1.54, 1.807) is 0 Å². The molecule has 2 aliphatic rings. The van der Waals surface area contributed by atoms with E-state index in [4.69, 9.17) is 0 Å². The second kappa shape index (κ2) is 8.88. The van der Waals surface area contributed by atoms with Gasteiger partial charge in [0.05, 0.1) is 0 Å². The number of rotatable bonds is 3. The Balaban J connectivity index is 1.34. The topological polar surface area (TPSA) is 19.4 Å². The quantitative estimate of drug-likeness (QED) is 0.766. The number of benzene rings is 1. The number of allylic oxidation sites excluding steroid dienone is 2. The second-order valence-corrected chi connectivity index (χ2v) is 7.38. The van der Waals surface area contributed by atoms with Crippen molar-refractivity contribution in [1.82, 2.24) is 9.88 Å². The van der Waals surface area contributed by atoms with Crippen LogP contribution in [-0.4, -0.2) is 36.1 Å². The van der Waals surface area contributed by atoms with Gasteiger partial charge in [0, 0.05) is 44.5 Å². The summed E-state index contributed by atoms with van der Waals surface area (Å²) >= 11 is 0. The number of pyridine rings is 1. The number of aromatic nitrogens is 1. The van der Waals surface area contributed by atoms with Crippen molar-refractivity contribution in [3.8, 4) is 11.8 Å². The van der Waals surface area contributed by atoms with E-state index in [1.165, 1.54) is 30.4 Å². The molecule has 1 saturated heterocycles. The predicted molar refractivity (Wildman–Crippen MR) is 112 cm³/mol. The summed E-state index contributed by atoms with van der Waals surface area (Å²) in [6.07, 6.45) is 9.11. The van der Waals surface area contributed by atoms with Gasteiger partial charge >= 0.3 is 0 Å². The van der Waals surface area contributed by atoms with Crippen molar-refractivity contribution in [3.63, 3.8) is 0 Å². The minimum Gasteiger partial charge on any atom is -0.354 e. The molecule has 4 rings (SSSR count). The van der Waals surface area contributed by atoms with Crippen LogP contribution in [0.2, 0.25) is 0 Å². The van der Waals surface area contributed by atoms with Crippen LogP contribution in [0.4, 0.5) is 5.82 Å². The first kappa shape index (κ1) is 17.8. The summed E-state index contributed by atoms with van der Waals surface area (Å²) in [7, 11) is 0.